The predicted octanol–water partition coefficient (Wildman–Crippen LogP) is 3.34. The first kappa shape index (κ1) is 20.4. The molecule has 1 aromatic heterocycles. The van der Waals surface area contributed by atoms with Crippen molar-refractivity contribution in [3.05, 3.63) is 17.8 Å². The van der Waals surface area contributed by atoms with E-state index in [0.29, 0.717) is 44.4 Å². The largest absolute Gasteiger partial charge is 0.475 e. The molecule has 1 atom stereocenters. The van der Waals surface area contributed by atoms with E-state index in [1.807, 2.05) is 40.7 Å². The molecular formula is C18H30N2O4. The Labute approximate surface area is 144 Å². The van der Waals surface area contributed by atoms with Crippen LogP contribution in [0.1, 0.15) is 46.1 Å². The van der Waals surface area contributed by atoms with E-state index in [-0.39, 0.29) is 5.91 Å². The van der Waals surface area contributed by atoms with Crippen LogP contribution < -0.4 is 10.1 Å². The summed E-state index contributed by atoms with van der Waals surface area (Å²) in [6, 6.07) is 1.84. The van der Waals surface area contributed by atoms with E-state index in [0.717, 1.165) is 12.0 Å². The lowest BCUT2D eigenvalue weighted by Gasteiger charge is -2.27. The normalized spacial score (nSPS) is 13.4. The van der Waals surface area contributed by atoms with Crippen LogP contribution in [-0.4, -0.2) is 42.9 Å². The van der Waals surface area contributed by atoms with Gasteiger partial charge in [0.05, 0.1) is 18.5 Å². The lowest BCUT2D eigenvalue weighted by Crippen LogP contribution is -2.42. The Bertz CT molecular complexity index is 522. The van der Waals surface area contributed by atoms with Crippen molar-refractivity contribution in [1.29, 1.82) is 0 Å². The van der Waals surface area contributed by atoms with Crippen LogP contribution in [0.25, 0.3) is 0 Å². The van der Waals surface area contributed by atoms with Gasteiger partial charge in [-0.15, -0.1) is 0 Å². The molecule has 0 aliphatic rings. The molecule has 1 amide bonds. The topological polar surface area (TPSA) is 69.7 Å². The van der Waals surface area contributed by atoms with Crippen LogP contribution in [0.4, 0.5) is 5.69 Å². The Hall–Kier alpha value is -1.66. The number of carbonyl (C=O) groups is 1. The van der Waals surface area contributed by atoms with Gasteiger partial charge in [0.1, 0.15) is 12.2 Å². The molecular weight excluding hydrogens is 308 g/mol. The first-order valence-electron chi connectivity index (χ1n) is 8.59. The van der Waals surface area contributed by atoms with Crippen LogP contribution in [0.2, 0.25) is 0 Å². The molecule has 136 valence electrons. The number of ether oxygens (including phenoxy) is 3. The van der Waals surface area contributed by atoms with E-state index in [1.54, 1.807) is 6.20 Å². The van der Waals surface area contributed by atoms with E-state index < -0.39 is 5.60 Å². The summed E-state index contributed by atoms with van der Waals surface area (Å²) in [5.41, 5.74) is 0.655. The van der Waals surface area contributed by atoms with Gasteiger partial charge in [-0.1, -0.05) is 13.8 Å². The molecule has 0 saturated heterocycles. The Morgan fingerprint density at radius 2 is 2.00 bits per heavy atom. The van der Waals surface area contributed by atoms with Gasteiger partial charge in [-0.05, 0) is 39.7 Å². The van der Waals surface area contributed by atoms with Crippen LogP contribution in [0.3, 0.4) is 0 Å². The average molecular weight is 338 g/mol. The van der Waals surface area contributed by atoms with Crippen LogP contribution >= 0.6 is 0 Å². The Morgan fingerprint density at radius 3 is 2.58 bits per heavy atom. The van der Waals surface area contributed by atoms with Crippen molar-refractivity contribution in [2.75, 3.05) is 31.7 Å². The molecule has 0 saturated carbocycles. The fourth-order valence-electron chi connectivity index (χ4n) is 2.04. The predicted molar refractivity (Wildman–Crippen MR) is 94.5 cm³/mol. The van der Waals surface area contributed by atoms with Crippen molar-refractivity contribution in [2.24, 2.45) is 0 Å². The highest BCUT2D eigenvalue weighted by atomic mass is 16.5. The first-order valence-corrected chi connectivity index (χ1v) is 8.59. The summed E-state index contributed by atoms with van der Waals surface area (Å²) >= 11 is 0. The standard InChI is InChI=1S/C18H30N2O4/c1-6-9-24-18(5,7-2)17(21)20-15-12-14(4)16(19-13-15)23-11-10-22-8-3/h12-13H,6-11H2,1-5H3,(H,20,21)/t18-/m0/s1. The van der Waals surface area contributed by atoms with E-state index in [2.05, 4.69) is 10.3 Å². The molecule has 6 nitrogen and oxygen atoms in total. The quantitative estimate of drug-likeness (QED) is 0.627. The molecule has 0 bridgehead atoms. The van der Waals surface area contributed by atoms with Gasteiger partial charge in [0.2, 0.25) is 5.88 Å². The molecule has 24 heavy (non-hydrogen) atoms. The molecule has 0 unspecified atom stereocenters. The van der Waals surface area contributed by atoms with Crippen LogP contribution in [-0.2, 0) is 14.3 Å². The zero-order valence-electron chi connectivity index (χ0n) is 15.5. The van der Waals surface area contributed by atoms with Gasteiger partial charge in [0.15, 0.2) is 0 Å². The van der Waals surface area contributed by atoms with Gasteiger partial charge < -0.3 is 19.5 Å². The smallest absolute Gasteiger partial charge is 0.256 e. The summed E-state index contributed by atoms with van der Waals surface area (Å²) in [5, 5.41) is 2.88. The van der Waals surface area contributed by atoms with E-state index in [9.17, 15) is 4.79 Å². The number of aromatic nitrogens is 1. The Kier molecular flexibility index (Phi) is 8.71. The first-order chi connectivity index (χ1) is 11.5. The molecule has 1 heterocycles. The van der Waals surface area contributed by atoms with Crippen LogP contribution in [0.15, 0.2) is 12.3 Å². The van der Waals surface area contributed by atoms with Crippen molar-refractivity contribution < 1.29 is 19.0 Å². The summed E-state index contributed by atoms with van der Waals surface area (Å²) in [5.74, 6) is 0.387. The van der Waals surface area contributed by atoms with Gasteiger partial charge in [-0.2, -0.15) is 0 Å². The summed E-state index contributed by atoms with van der Waals surface area (Å²) in [6.45, 7) is 11.8. The second-order valence-corrected chi connectivity index (χ2v) is 5.78. The van der Waals surface area contributed by atoms with E-state index >= 15 is 0 Å². The van der Waals surface area contributed by atoms with Gasteiger partial charge in [0.25, 0.3) is 5.91 Å². The number of rotatable bonds is 11. The minimum atomic E-state index is -0.837. The number of hydrogen-bond acceptors (Lipinski definition) is 5. The maximum absolute atomic E-state index is 12.5. The van der Waals surface area contributed by atoms with Crippen LogP contribution in [0, 0.1) is 6.92 Å². The average Bonchev–Trinajstić information content (AvgIpc) is 2.58. The molecule has 6 heteroatoms. The summed E-state index contributed by atoms with van der Waals surface area (Å²) in [4.78, 5) is 16.8. The molecule has 0 aliphatic carbocycles. The van der Waals surface area contributed by atoms with Crippen molar-refractivity contribution in [3.63, 3.8) is 0 Å². The molecule has 1 aromatic rings. The lowest BCUT2D eigenvalue weighted by molar-refractivity contribution is -0.139. The van der Waals surface area contributed by atoms with Crippen LogP contribution in [0.5, 0.6) is 5.88 Å². The molecule has 0 spiro atoms. The summed E-state index contributed by atoms with van der Waals surface area (Å²) < 4.78 is 16.5. The monoisotopic (exact) mass is 338 g/mol. The fraction of sp³-hybridized carbons (Fsp3) is 0.667. The highest BCUT2D eigenvalue weighted by molar-refractivity contribution is 5.97. The second-order valence-electron chi connectivity index (χ2n) is 5.78. The third-order valence-corrected chi connectivity index (χ3v) is 3.74. The number of hydrogen-bond donors (Lipinski definition) is 1. The summed E-state index contributed by atoms with van der Waals surface area (Å²) in [6.07, 6.45) is 3.07. The minimum Gasteiger partial charge on any atom is -0.475 e. The van der Waals surface area contributed by atoms with Gasteiger partial charge in [0, 0.05) is 18.8 Å². The summed E-state index contributed by atoms with van der Waals surface area (Å²) in [7, 11) is 0. The highest BCUT2D eigenvalue weighted by Crippen LogP contribution is 2.22. The van der Waals surface area contributed by atoms with Gasteiger partial charge in [-0.25, -0.2) is 4.98 Å². The minimum absolute atomic E-state index is 0.162. The number of nitrogens with zero attached hydrogens (tertiary/aromatic N) is 1. The Morgan fingerprint density at radius 1 is 1.25 bits per heavy atom. The molecule has 1 N–H and O–H groups in total. The van der Waals surface area contributed by atoms with Gasteiger partial charge >= 0.3 is 0 Å². The molecule has 0 aliphatic heterocycles. The lowest BCUT2D eigenvalue weighted by atomic mass is 10.0. The van der Waals surface area contributed by atoms with Crippen molar-refractivity contribution in [1.82, 2.24) is 4.98 Å². The zero-order valence-corrected chi connectivity index (χ0v) is 15.5. The number of nitrogens with one attached hydrogen (secondary N) is 1. The Balaban J connectivity index is 2.67. The second kappa shape index (κ2) is 10.3. The third kappa shape index (κ3) is 6.09. The van der Waals surface area contributed by atoms with E-state index in [4.69, 9.17) is 14.2 Å². The van der Waals surface area contributed by atoms with Crippen molar-refractivity contribution >= 4 is 11.6 Å². The van der Waals surface area contributed by atoms with E-state index in [1.165, 1.54) is 0 Å². The number of amides is 1. The zero-order chi connectivity index (χ0) is 18.0. The number of pyridine rings is 1. The van der Waals surface area contributed by atoms with Crippen molar-refractivity contribution in [3.8, 4) is 5.88 Å². The SMILES string of the molecule is CCCO[C@@](C)(CC)C(=O)Nc1cnc(OCCOCC)c(C)c1. The maximum atomic E-state index is 12.5. The molecule has 0 fully saturated rings. The third-order valence-electron chi connectivity index (χ3n) is 3.74. The highest BCUT2D eigenvalue weighted by Gasteiger charge is 2.32. The molecule has 1 rings (SSSR count). The molecule has 0 aromatic carbocycles. The number of carbonyl (C=O) groups excluding carboxylic acids is 1. The fourth-order valence-corrected chi connectivity index (χ4v) is 2.04. The van der Waals surface area contributed by atoms with Crippen molar-refractivity contribution in [2.45, 2.75) is 53.1 Å². The van der Waals surface area contributed by atoms with Gasteiger partial charge in [-0.3, -0.25) is 4.79 Å². The maximum Gasteiger partial charge on any atom is 0.256 e. The molecule has 0 radical (unpaired) electrons. The number of anilines is 1. The number of aryl methyl sites for hydroxylation is 1.